The fraction of sp³-hybridized carbons (Fsp3) is 0.214. The van der Waals surface area contributed by atoms with Gasteiger partial charge in [0.15, 0.2) is 0 Å². The summed E-state index contributed by atoms with van der Waals surface area (Å²) < 4.78 is 11.6. The van der Waals surface area contributed by atoms with Crippen molar-refractivity contribution in [3.63, 3.8) is 0 Å². The van der Waals surface area contributed by atoms with Crippen molar-refractivity contribution in [3.05, 3.63) is 46.6 Å². The van der Waals surface area contributed by atoms with Crippen molar-refractivity contribution >= 4 is 15.9 Å². The second kappa shape index (κ2) is 6.04. The first-order chi connectivity index (χ1) is 9.10. The van der Waals surface area contributed by atoms with Crippen LogP contribution < -0.4 is 9.47 Å². The zero-order valence-electron chi connectivity index (χ0n) is 10.6. The molecule has 2 aromatic rings. The molecule has 0 saturated heterocycles. The molecule has 2 rings (SSSR count). The molecule has 0 unspecified atom stereocenters. The monoisotopic (exact) mass is 323 g/mol. The lowest BCUT2D eigenvalue weighted by Gasteiger charge is -2.10. The van der Waals surface area contributed by atoms with Gasteiger partial charge in [0.05, 0.1) is 17.7 Å². The number of rotatable bonds is 4. The molecule has 0 aliphatic carbocycles. The van der Waals surface area contributed by atoms with Crippen LogP contribution in [0, 0.1) is 0 Å². The average molecular weight is 324 g/mol. The van der Waals surface area contributed by atoms with Crippen LogP contribution in [0.15, 0.2) is 41.0 Å². The molecule has 19 heavy (non-hydrogen) atoms. The van der Waals surface area contributed by atoms with Gasteiger partial charge in [0.1, 0.15) is 11.5 Å². The number of hydrogen-bond donors (Lipinski definition) is 1. The van der Waals surface area contributed by atoms with Crippen molar-refractivity contribution in [3.8, 4) is 17.4 Å². The predicted molar refractivity (Wildman–Crippen MR) is 75.6 cm³/mol. The summed E-state index contributed by atoms with van der Waals surface area (Å²) in [6, 6.07) is 8.87. The van der Waals surface area contributed by atoms with E-state index in [9.17, 15) is 5.11 Å². The Kier molecular flexibility index (Phi) is 4.39. The Hall–Kier alpha value is -1.59. The van der Waals surface area contributed by atoms with Crippen molar-refractivity contribution in [2.24, 2.45) is 0 Å². The number of aliphatic hydroxyl groups excluding tert-OH is 1. The third-order valence-corrected chi connectivity index (χ3v) is 3.21. The van der Waals surface area contributed by atoms with Crippen molar-refractivity contribution in [1.82, 2.24) is 4.98 Å². The second-order valence-electron chi connectivity index (χ2n) is 4.00. The maximum atomic E-state index is 9.53. The first-order valence-electron chi connectivity index (χ1n) is 5.75. The lowest BCUT2D eigenvalue weighted by molar-refractivity contribution is 0.198. The number of aromatic nitrogens is 1. The third-order valence-electron chi connectivity index (χ3n) is 2.59. The topological polar surface area (TPSA) is 51.6 Å². The summed E-state index contributed by atoms with van der Waals surface area (Å²) in [4.78, 5) is 4.12. The van der Waals surface area contributed by atoms with Gasteiger partial charge in [-0.25, -0.2) is 4.98 Å². The van der Waals surface area contributed by atoms with Gasteiger partial charge in [-0.2, -0.15) is 0 Å². The fourth-order valence-corrected chi connectivity index (χ4v) is 1.98. The van der Waals surface area contributed by atoms with Crippen molar-refractivity contribution < 1.29 is 14.6 Å². The van der Waals surface area contributed by atoms with Gasteiger partial charge in [-0.15, -0.1) is 0 Å². The molecule has 5 heteroatoms. The summed E-state index contributed by atoms with van der Waals surface area (Å²) >= 11 is 3.41. The van der Waals surface area contributed by atoms with Gasteiger partial charge in [0, 0.05) is 12.3 Å². The van der Waals surface area contributed by atoms with Crippen LogP contribution >= 0.6 is 15.9 Å². The number of benzene rings is 1. The molecule has 0 aliphatic rings. The lowest BCUT2D eigenvalue weighted by atomic mass is 10.2. The quantitative estimate of drug-likeness (QED) is 0.932. The highest BCUT2D eigenvalue weighted by Gasteiger charge is 2.07. The minimum absolute atomic E-state index is 0.435. The molecule has 1 atom stereocenters. The zero-order chi connectivity index (χ0) is 13.8. The molecule has 1 aromatic carbocycles. The third kappa shape index (κ3) is 3.45. The van der Waals surface area contributed by atoms with E-state index < -0.39 is 6.10 Å². The minimum atomic E-state index is -0.551. The van der Waals surface area contributed by atoms with Gasteiger partial charge in [-0.3, -0.25) is 0 Å². The summed E-state index contributed by atoms with van der Waals surface area (Å²) in [5.41, 5.74) is 0.759. The number of halogens is 1. The van der Waals surface area contributed by atoms with Crippen molar-refractivity contribution in [2.45, 2.75) is 13.0 Å². The van der Waals surface area contributed by atoms with Gasteiger partial charge in [-0.05, 0) is 52.7 Å². The van der Waals surface area contributed by atoms with E-state index >= 15 is 0 Å². The Labute approximate surface area is 120 Å². The number of nitrogens with zero attached hydrogens (tertiary/aromatic N) is 1. The lowest BCUT2D eigenvalue weighted by Crippen LogP contribution is -1.94. The Balaban J connectivity index is 2.23. The molecular formula is C14H14BrNO3. The van der Waals surface area contributed by atoms with E-state index in [1.165, 1.54) is 0 Å². The molecular weight excluding hydrogens is 310 g/mol. The van der Waals surface area contributed by atoms with Crippen molar-refractivity contribution in [1.29, 1.82) is 0 Å². The van der Waals surface area contributed by atoms with Crippen LogP contribution in [0.2, 0.25) is 0 Å². The summed E-state index contributed by atoms with van der Waals surface area (Å²) in [5, 5.41) is 9.53. The van der Waals surface area contributed by atoms with E-state index in [0.29, 0.717) is 11.6 Å². The molecule has 0 aliphatic heterocycles. The highest BCUT2D eigenvalue weighted by atomic mass is 79.9. The molecule has 0 saturated carbocycles. The summed E-state index contributed by atoms with van der Waals surface area (Å²) in [6.45, 7) is 1.70. The normalized spacial score (nSPS) is 12.0. The van der Waals surface area contributed by atoms with Crippen LogP contribution in [0.4, 0.5) is 0 Å². The van der Waals surface area contributed by atoms with Crippen LogP contribution in [-0.2, 0) is 0 Å². The number of pyridine rings is 1. The maximum absolute atomic E-state index is 9.53. The van der Waals surface area contributed by atoms with Crippen molar-refractivity contribution in [2.75, 3.05) is 7.11 Å². The highest BCUT2D eigenvalue weighted by molar-refractivity contribution is 9.10. The largest absolute Gasteiger partial charge is 0.497 e. The van der Waals surface area contributed by atoms with Crippen LogP contribution in [0.5, 0.6) is 17.4 Å². The molecule has 4 nitrogen and oxygen atoms in total. The summed E-state index contributed by atoms with van der Waals surface area (Å²) in [5.74, 6) is 1.81. The predicted octanol–water partition coefficient (Wildman–Crippen LogP) is 3.70. The Morgan fingerprint density at radius 3 is 2.68 bits per heavy atom. The Bertz CT molecular complexity index is 572. The zero-order valence-corrected chi connectivity index (χ0v) is 12.2. The van der Waals surface area contributed by atoms with Crippen LogP contribution in [0.1, 0.15) is 18.6 Å². The molecule has 100 valence electrons. The van der Waals surface area contributed by atoms with E-state index in [1.807, 2.05) is 6.07 Å². The summed E-state index contributed by atoms with van der Waals surface area (Å²) in [7, 11) is 1.61. The Morgan fingerprint density at radius 1 is 1.26 bits per heavy atom. The van der Waals surface area contributed by atoms with Gasteiger partial charge >= 0.3 is 0 Å². The number of methoxy groups -OCH3 is 1. The minimum Gasteiger partial charge on any atom is -0.497 e. The number of hydrogen-bond acceptors (Lipinski definition) is 4. The van der Waals surface area contributed by atoms with E-state index in [2.05, 4.69) is 20.9 Å². The van der Waals surface area contributed by atoms with E-state index in [-0.39, 0.29) is 0 Å². The number of aliphatic hydroxyl groups is 1. The molecule has 1 N–H and O–H groups in total. The average Bonchev–Trinajstić information content (AvgIpc) is 2.41. The Morgan fingerprint density at radius 2 is 2.05 bits per heavy atom. The standard InChI is InChI=1S/C14H14BrNO3/c1-9(17)10-5-6-16-14(7-10)19-13-4-3-11(18-2)8-12(13)15/h3-9,17H,1-2H3/t9-/m0/s1. The molecule has 0 fully saturated rings. The van der Waals surface area contributed by atoms with Gasteiger partial charge < -0.3 is 14.6 Å². The molecule has 1 heterocycles. The van der Waals surface area contributed by atoms with E-state index in [1.54, 1.807) is 44.5 Å². The molecule has 0 spiro atoms. The molecule has 0 bridgehead atoms. The number of ether oxygens (including phenoxy) is 2. The van der Waals surface area contributed by atoms with Crippen LogP contribution in [0.25, 0.3) is 0 Å². The highest BCUT2D eigenvalue weighted by Crippen LogP contribution is 2.32. The van der Waals surface area contributed by atoms with Crippen LogP contribution in [-0.4, -0.2) is 17.2 Å². The van der Waals surface area contributed by atoms with Crippen LogP contribution in [0.3, 0.4) is 0 Å². The first kappa shape index (κ1) is 13.8. The van der Waals surface area contributed by atoms with Gasteiger partial charge in [-0.1, -0.05) is 0 Å². The van der Waals surface area contributed by atoms with E-state index in [4.69, 9.17) is 9.47 Å². The summed E-state index contributed by atoms with van der Waals surface area (Å²) in [6.07, 6.45) is 1.05. The smallest absolute Gasteiger partial charge is 0.219 e. The van der Waals surface area contributed by atoms with E-state index in [0.717, 1.165) is 15.8 Å². The SMILES string of the molecule is COc1ccc(Oc2cc([C@H](C)O)ccn2)c(Br)c1. The second-order valence-corrected chi connectivity index (χ2v) is 4.86. The molecule has 1 aromatic heterocycles. The fourth-order valence-electron chi connectivity index (χ4n) is 1.54. The first-order valence-corrected chi connectivity index (χ1v) is 6.55. The molecule has 0 amide bonds. The van der Waals surface area contributed by atoms with Gasteiger partial charge in [0.25, 0.3) is 0 Å². The molecule has 0 radical (unpaired) electrons. The van der Waals surface area contributed by atoms with Gasteiger partial charge in [0.2, 0.25) is 5.88 Å². The maximum Gasteiger partial charge on any atom is 0.219 e.